The number of piperidine rings is 1. The van der Waals surface area contributed by atoms with Crippen molar-refractivity contribution in [1.82, 2.24) is 14.9 Å². The number of hydrogen-bond acceptors (Lipinski definition) is 8. The van der Waals surface area contributed by atoms with Gasteiger partial charge in [-0.3, -0.25) is 4.90 Å². The number of alkyl halides is 3. The zero-order chi connectivity index (χ0) is 32.5. The van der Waals surface area contributed by atoms with Crippen LogP contribution in [-0.4, -0.2) is 67.9 Å². The van der Waals surface area contributed by atoms with E-state index in [-0.39, 0.29) is 30.3 Å². The van der Waals surface area contributed by atoms with E-state index in [0.717, 1.165) is 32.0 Å². The number of nitrogen functional groups attached to an aromatic ring is 1. The van der Waals surface area contributed by atoms with Gasteiger partial charge in [0.25, 0.3) is 6.08 Å². The van der Waals surface area contributed by atoms with Crippen LogP contribution in [0.25, 0.3) is 0 Å². The normalized spacial score (nSPS) is 25.0. The average Bonchev–Trinajstić information content (AvgIpc) is 3.58. The molecule has 14 heteroatoms. The number of methoxy groups -OCH3 is 2. The molecule has 0 radical (unpaired) electrons. The number of nitrogens with zero attached hydrogens (tertiary/aromatic N) is 4. The number of hydrogen-bond donors (Lipinski definition) is 1. The molecule has 1 aromatic carbocycles. The summed E-state index contributed by atoms with van der Waals surface area (Å²) < 4.78 is 96.0. The highest BCUT2D eigenvalue weighted by Gasteiger charge is 2.41. The predicted octanol–water partition coefficient (Wildman–Crippen LogP) is 6.15. The fourth-order valence-corrected chi connectivity index (χ4v) is 7.06. The molecule has 4 aliphatic rings. The van der Waals surface area contributed by atoms with Crippen LogP contribution in [0.15, 0.2) is 23.8 Å². The molecule has 3 saturated heterocycles. The Morgan fingerprint density at radius 3 is 2.58 bits per heavy atom. The molecule has 2 aromatic rings. The van der Waals surface area contributed by atoms with Crippen molar-refractivity contribution in [2.24, 2.45) is 11.8 Å². The van der Waals surface area contributed by atoms with Gasteiger partial charge in [-0.2, -0.15) is 31.9 Å². The zero-order valence-corrected chi connectivity index (χ0v) is 25.6. The Kier molecular flexibility index (Phi) is 10.1. The van der Waals surface area contributed by atoms with Gasteiger partial charge in [-0.1, -0.05) is 6.92 Å². The minimum atomic E-state index is -4.90. The molecule has 45 heavy (non-hydrogen) atoms. The van der Waals surface area contributed by atoms with Crippen LogP contribution in [0.5, 0.6) is 6.01 Å². The second-order valence-electron chi connectivity index (χ2n) is 12.3. The lowest BCUT2D eigenvalue weighted by Crippen LogP contribution is -2.42. The first kappa shape index (κ1) is 33.3. The van der Waals surface area contributed by atoms with E-state index in [9.17, 15) is 26.3 Å². The van der Waals surface area contributed by atoms with Gasteiger partial charge >= 0.3 is 12.2 Å². The van der Waals surface area contributed by atoms with E-state index in [2.05, 4.69) is 26.7 Å². The lowest BCUT2D eigenvalue weighted by molar-refractivity contribution is -0.142. The van der Waals surface area contributed by atoms with Crippen LogP contribution in [0.3, 0.4) is 0 Å². The van der Waals surface area contributed by atoms with Gasteiger partial charge < -0.3 is 24.8 Å². The molecule has 1 aromatic heterocycles. The molecule has 2 N–H and O–H groups in total. The molecule has 4 unspecified atom stereocenters. The van der Waals surface area contributed by atoms with Gasteiger partial charge in [0.2, 0.25) is 0 Å². The first-order valence-corrected chi connectivity index (χ1v) is 15.1. The first-order valence-electron chi connectivity index (χ1n) is 15.1. The van der Waals surface area contributed by atoms with Crippen molar-refractivity contribution >= 4 is 11.5 Å². The molecule has 4 aliphatic heterocycles. The summed E-state index contributed by atoms with van der Waals surface area (Å²) in [4.78, 5) is 13.2. The van der Waals surface area contributed by atoms with Gasteiger partial charge in [-0.25, -0.2) is 4.39 Å². The van der Waals surface area contributed by atoms with Crippen molar-refractivity contribution < 1.29 is 40.6 Å². The van der Waals surface area contributed by atoms with E-state index < -0.39 is 29.7 Å². The largest absolute Gasteiger partial charge is 0.467 e. The molecule has 0 amide bonds. The number of halogens is 6. The Morgan fingerprint density at radius 2 is 1.91 bits per heavy atom. The fraction of sp³-hybridized carbons (Fsp3) is 0.613. The quantitative estimate of drug-likeness (QED) is 0.307. The predicted molar refractivity (Wildman–Crippen MR) is 155 cm³/mol. The summed E-state index contributed by atoms with van der Waals surface area (Å²) in [5.74, 6) is -0.0771. The summed E-state index contributed by atoms with van der Waals surface area (Å²) in [5, 5.41) is 0. The molecule has 0 bridgehead atoms. The number of aromatic nitrogens is 2. The van der Waals surface area contributed by atoms with E-state index in [1.165, 1.54) is 13.5 Å². The van der Waals surface area contributed by atoms with Crippen molar-refractivity contribution in [2.45, 2.75) is 64.0 Å². The zero-order valence-electron chi connectivity index (χ0n) is 25.6. The number of fused-ring (bicyclic) bond motifs is 2. The molecule has 6 rings (SSSR count). The molecule has 5 heterocycles. The van der Waals surface area contributed by atoms with Crippen LogP contribution in [0, 0.1) is 17.7 Å². The Morgan fingerprint density at radius 1 is 1.13 bits per heavy atom. The Hall–Kier alpha value is -3.10. The summed E-state index contributed by atoms with van der Waals surface area (Å²) >= 11 is 0. The Bertz CT molecular complexity index is 1390. The third kappa shape index (κ3) is 7.49. The van der Waals surface area contributed by atoms with Crippen molar-refractivity contribution in [2.75, 3.05) is 57.6 Å². The summed E-state index contributed by atoms with van der Waals surface area (Å²) in [6.45, 7) is 5.76. The van der Waals surface area contributed by atoms with Crippen LogP contribution >= 0.6 is 0 Å². The maximum absolute atomic E-state index is 14.3. The highest BCUT2D eigenvalue weighted by molar-refractivity contribution is 5.53. The highest BCUT2D eigenvalue weighted by atomic mass is 19.4. The van der Waals surface area contributed by atoms with Crippen LogP contribution in [0.4, 0.5) is 37.8 Å². The van der Waals surface area contributed by atoms with Crippen molar-refractivity contribution in [1.29, 1.82) is 0 Å². The van der Waals surface area contributed by atoms with Crippen LogP contribution in [0.1, 0.15) is 61.1 Å². The summed E-state index contributed by atoms with van der Waals surface area (Å²) in [5.41, 5.74) is 5.41. The first-order chi connectivity index (χ1) is 21.4. The fourth-order valence-electron chi connectivity index (χ4n) is 7.06. The van der Waals surface area contributed by atoms with Crippen LogP contribution < -0.4 is 15.4 Å². The van der Waals surface area contributed by atoms with Gasteiger partial charge in [0, 0.05) is 61.9 Å². The van der Waals surface area contributed by atoms with Crippen molar-refractivity contribution in [3.8, 4) is 6.01 Å². The number of benzene rings is 1. The summed E-state index contributed by atoms with van der Waals surface area (Å²) in [7, 11) is 3.10. The lowest BCUT2D eigenvalue weighted by atomic mass is 9.90. The molecule has 4 atom stereocenters. The third-order valence-electron chi connectivity index (χ3n) is 8.90. The molecule has 0 spiro atoms. The van der Waals surface area contributed by atoms with Gasteiger partial charge in [0.05, 0.1) is 37.7 Å². The maximum atomic E-state index is 14.3. The standard InChI is InChI=1S/C23H28F4N4O3.C8H11F2N/c1-12-4-13(10-32-2)9-31(8-12)21-16-11-34-19(7-18(16)29-22(30-21)33-3)15-5-14(28)6-17(24)20(15)23(25,26)27;9-8(10)6-4-7-2-1-3-11(7)5-6/h5-6,12-13,19H,4,7-11,28H2,1-3H3;7H,1-5H2. The van der Waals surface area contributed by atoms with Gasteiger partial charge in [-0.15, -0.1) is 0 Å². The van der Waals surface area contributed by atoms with E-state index in [1.54, 1.807) is 7.11 Å². The number of anilines is 2. The van der Waals surface area contributed by atoms with Crippen LogP contribution in [0.2, 0.25) is 0 Å². The van der Waals surface area contributed by atoms with Gasteiger partial charge in [-0.05, 0) is 55.8 Å². The van der Waals surface area contributed by atoms with E-state index >= 15 is 0 Å². The third-order valence-corrected chi connectivity index (χ3v) is 8.90. The van der Waals surface area contributed by atoms with E-state index in [0.29, 0.717) is 72.7 Å². The SMILES string of the molecule is COCC1CC(C)CN(c2nc(OC)nc3c2COC(c2cc(N)cc(F)c2C(F)(F)F)C3)C1.FC(F)=C1CC2CCCN2C1. The summed E-state index contributed by atoms with van der Waals surface area (Å²) in [6, 6.07) is 2.33. The smallest absolute Gasteiger partial charge is 0.419 e. The minimum Gasteiger partial charge on any atom is -0.467 e. The minimum absolute atomic E-state index is 0.00190. The van der Waals surface area contributed by atoms with E-state index in [4.69, 9.17) is 19.9 Å². The molecule has 3 fully saturated rings. The molecule has 8 nitrogen and oxygen atoms in total. The topological polar surface area (TPSA) is 86.0 Å². The molecule has 0 saturated carbocycles. The highest BCUT2D eigenvalue weighted by Crippen LogP contribution is 2.43. The Labute approximate surface area is 258 Å². The van der Waals surface area contributed by atoms with Crippen LogP contribution in [-0.2, 0) is 28.7 Å². The molecule has 248 valence electrons. The second kappa shape index (κ2) is 13.7. The Balaban J connectivity index is 0.000000304. The van der Waals surface area contributed by atoms with Crippen molar-refractivity contribution in [3.63, 3.8) is 0 Å². The lowest BCUT2D eigenvalue weighted by Gasteiger charge is -2.39. The number of rotatable bonds is 5. The van der Waals surface area contributed by atoms with Gasteiger partial charge in [0.15, 0.2) is 0 Å². The molecular weight excluding hydrogens is 604 g/mol. The van der Waals surface area contributed by atoms with Crippen molar-refractivity contribution in [3.05, 3.63) is 52.0 Å². The van der Waals surface area contributed by atoms with Gasteiger partial charge in [0.1, 0.15) is 11.6 Å². The maximum Gasteiger partial charge on any atom is 0.419 e. The monoisotopic (exact) mass is 643 g/mol. The summed E-state index contributed by atoms with van der Waals surface area (Å²) in [6.07, 6.45) is -3.49. The molecular formula is C31H39F6N5O3. The number of ether oxygens (including phenoxy) is 3. The average molecular weight is 644 g/mol. The number of nitrogens with two attached hydrogens (primary N) is 1. The molecule has 0 aliphatic carbocycles. The van der Waals surface area contributed by atoms with E-state index in [1.807, 2.05) is 0 Å². The second-order valence-corrected chi connectivity index (χ2v) is 12.3.